The van der Waals surface area contributed by atoms with Crippen LogP contribution < -0.4 is 5.32 Å². The van der Waals surface area contributed by atoms with Gasteiger partial charge in [-0.25, -0.2) is 4.68 Å². The average molecular weight is 367 g/mol. The minimum Gasteiger partial charge on any atom is -0.321 e. The van der Waals surface area contributed by atoms with E-state index in [1.807, 2.05) is 30.3 Å². The second-order valence-electron chi connectivity index (χ2n) is 5.67. The van der Waals surface area contributed by atoms with Crippen molar-refractivity contribution >= 4 is 40.5 Å². The lowest BCUT2D eigenvalue weighted by molar-refractivity contribution is -0.384. The number of carbonyl (C=O) groups excluding carboxylic acids is 1. The van der Waals surface area contributed by atoms with Gasteiger partial charge in [0, 0.05) is 29.0 Å². The van der Waals surface area contributed by atoms with Crippen molar-refractivity contribution in [3.63, 3.8) is 0 Å². The Bertz CT molecular complexity index is 1070. The molecule has 4 rings (SSSR count). The van der Waals surface area contributed by atoms with E-state index in [1.165, 1.54) is 12.1 Å². The van der Waals surface area contributed by atoms with Crippen molar-refractivity contribution in [2.75, 3.05) is 5.32 Å². The smallest absolute Gasteiger partial charge is 0.288 e. The molecule has 1 N–H and O–H groups in total. The molecule has 0 spiro atoms. The molecule has 0 bridgehead atoms. The SMILES string of the molecule is O=C1Nc2cc(Cl)c([N+](=O)[O-])cc2/C1=C\c1cnn(-c2ccccc2)c1. The van der Waals surface area contributed by atoms with Crippen LogP contribution in [0.3, 0.4) is 0 Å². The highest BCUT2D eigenvalue weighted by molar-refractivity contribution is 6.37. The molecule has 1 aliphatic heterocycles. The Hall–Kier alpha value is -3.45. The lowest BCUT2D eigenvalue weighted by Gasteiger charge is -2.01. The average Bonchev–Trinajstić information content (AvgIpc) is 3.20. The predicted octanol–water partition coefficient (Wildman–Crippen LogP) is 3.93. The standard InChI is InChI=1S/C18H11ClN4O3/c19-15-8-16-13(7-17(15)23(25)26)14(18(24)21-16)6-11-9-20-22(10-11)12-4-2-1-3-5-12/h1-10H,(H,21,24)/b14-6+. The molecule has 0 radical (unpaired) electrons. The number of hydrogen-bond donors (Lipinski definition) is 1. The van der Waals surface area contributed by atoms with E-state index >= 15 is 0 Å². The van der Waals surface area contributed by atoms with E-state index in [0.29, 0.717) is 22.4 Å². The number of carbonyl (C=O) groups is 1. The van der Waals surface area contributed by atoms with Gasteiger partial charge in [0.05, 0.1) is 22.5 Å². The van der Waals surface area contributed by atoms with Gasteiger partial charge in [-0.2, -0.15) is 5.10 Å². The third kappa shape index (κ3) is 2.74. The molecule has 0 saturated heterocycles. The quantitative estimate of drug-likeness (QED) is 0.432. The van der Waals surface area contributed by atoms with Crippen LogP contribution in [-0.4, -0.2) is 20.6 Å². The summed E-state index contributed by atoms with van der Waals surface area (Å²) in [5.41, 5.74) is 2.56. The van der Waals surface area contributed by atoms with Gasteiger partial charge in [-0.3, -0.25) is 14.9 Å². The monoisotopic (exact) mass is 366 g/mol. The largest absolute Gasteiger partial charge is 0.321 e. The Morgan fingerprint density at radius 3 is 2.73 bits per heavy atom. The molecular weight excluding hydrogens is 356 g/mol. The maximum atomic E-state index is 12.3. The molecule has 0 saturated carbocycles. The zero-order valence-electron chi connectivity index (χ0n) is 13.2. The van der Waals surface area contributed by atoms with Crippen molar-refractivity contribution in [1.82, 2.24) is 9.78 Å². The number of para-hydroxylation sites is 1. The van der Waals surface area contributed by atoms with Gasteiger partial charge in [0.2, 0.25) is 0 Å². The second-order valence-corrected chi connectivity index (χ2v) is 6.08. The Labute approximate surface area is 152 Å². The lowest BCUT2D eigenvalue weighted by atomic mass is 10.0. The minimum absolute atomic E-state index is 0.0211. The number of fused-ring (bicyclic) bond motifs is 1. The maximum Gasteiger partial charge on any atom is 0.288 e. The van der Waals surface area contributed by atoms with Crippen LogP contribution in [0.25, 0.3) is 17.3 Å². The van der Waals surface area contributed by atoms with Gasteiger partial charge in [-0.15, -0.1) is 0 Å². The molecule has 26 heavy (non-hydrogen) atoms. The van der Waals surface area contributed by atoms with E-state index in [2.05, 4.69) is 10.4 Å². The molecule has 0 atom stereocenters. The third-order valence-corrected chi connectivity index (χ3v) is 4.30. The van der Waals surface area contributed by atoms with Crippen LogP contribution in [0.15, 0.2) is 54.9 Å². The number of benzene rings is 2. The number of amides is 1. The van der Waals surface area contributed by atoms with Gasteiger partial charge in [0.1, 0.15) is 5.02 Å². The molecule has 0 aliphatic carbocycles. The summed E-state index contributed by atoms with van der Waals surface area (Å²) in [6.45, 7) is 0. The first-order chi connectivity index (χ1) is 12.5. The van der Waals surface area contributed by atoms with Crippen LogP contribution in [0.5, 0.6) is 0 Å². The highest BCUT2D eigenvalue weighted by Crippen LogP contribution is 2.39. The topological polar surface area (TPSA) is 90.1 Å². The van der Waals surface area contributed by atoms with Gasteiger partial charge in [-0.1, -0.05) is 29.8 Å². The first-order valence-corrected chi connectivity index (χ1v) is 8.02. The van der Waals surface area contributed by atoms with Crippen LogP contribution in [0.2, 0.25) is 5.02 Å². The highest BCUT2D eigenvalue weighted by Gasteiger charge is 2.28. The Morgan fingerprint density at radius 2 is 2.00 bits per heavy atom. The van der Waals surface area contributed by atoms with Crippen molar-refractivity contribution in [1.29, 1.82) is 0 Å². The first kappa shape index (κ1) is 16.0. The molecule has 0 unspecified atom stereocenters. The third-order valence-electron chi connectivity index (χ3n) is 4.00. The first-order valence-electron chi connectivity index (χ1n) is 7.64. The van der Waals surface area contributed by atoms with Gasteiger partial charge >= 0.3 is 0 Å². The van der Waals surface area contributed by atoms with Gasteiger partial charge in [-0.05, 0) is 24.3 Å². The molecule has 8 heteroatoms. The Kier molecular flexibility index (Phi) is 3.78. The fraction of sp³-hybridized carbons (Fsp3) is 0. The number of hydrogen-bond acceptors (Lipinski definition) is 4. The number of rotatable bonds is 3. The summed E-state index contributed by atoms with van der Waals surface area (Å²) < 4.78 is 1.68. The second kappa shape index (κ2) is 6.12. The number of nitro benzene ring substituents is 1. The van der Waals surface area contributed by atoms with Crippen molar-refractivity contribution in [3.05, 3.63) is 81.1 Å². The van der Waals surface area contributed by atoms with Gasteiger partial charge < -0.3 is 5.32 Å². The summed E-state index contributed by atoms with van der Waals surface area (Å²) in [4.78, 5) is 22.8. The van der Waals surface area contributed by atoms with E-state index in [4.69, 9.17) is 11.6 Å². The van der Waals surface area contributed by atoms with E-state index in [1.54, 1.807) is 23.2 Å². The van der Waals surface area contributed by atoms with Crippen molar-refractivity contribution < 1.29 is 9.72 Å². The lowest BCUT2D eigenvalue weighted by Crippen LogP contribution is -2.03. The van der Waals surface area contributed by atoms with E-state index in [9.17, 15) is 14.9 Å². The van der Waals surface area contributed by atoms with Crippen LogP contribution in [0.1, 0.15) is 11.1 Å². The van der Waals surface area contributed by atoms with Crippen LogP contribution in [-0.2, 0) is 4.79 Å². The summed E-state index contributed by atoms with van der Waals surface area (Å²) in [7, 11) is 0. The molecular formula is C18H11ClN4O3. The molecule has 7 nitrogen and oxygen atoms in total. The zero-order valence-corrected chi connectivity index (χ0v) is 14.0. The number of halogens is 1. The number of anilines is 1. The summed E-state index contributed by atoms with van der Waals surface area (Å²) in [6.07, 6.45) is 5.04. The highest BCUT2D eigenvalue weighted by atomic mass is 35.5. The van der Waals surface area contributed by atoms with E-state index in [-0.39, 0.29) is 16.6 Å². The summed E-state index contributed by atoms with van der Waals surface area (Å²) in [5, 5.41) is 18.0. The van der Waals surface area contributed by atoms with Crippen molar-refractivity contribution in [2.45, 2.75) is 0 Å². The zero-order chi connectivity index (χ0) is 18.3. The van der Waals surface area contributed by atoms with Crippen molar-refractivity contribution in [2.24, 2.45) is 0 Å². The molecule has 1 amide bonds. The van der Waals surface area contributed by atoms with Crippen LogP contribution in [0, 0.1) is 10.1 Å². The number of nitro groups is 1. The Morgan fingerprint density at radius 1 is 1.23 bits per heavy atom. The normalized spacial score (nSPS) is 14.3. The van der Waals surface area contributed by atoms with Gasteiger partial charge in [0.15, 0.2) is 0 Å². The van der Waals surface area contributed by atoms with E-state index in [0.717, 1.165) is 5.69 Å². The van der Waals surface area contributed by atoms with Crippen molar-refractivity contribution in [3.8, 4) is 5.69 Å². The Balaban J connectivity index is 1.76. The number of nitrogens with zero attached hydrogens (tertiary/aromatic N) is 3. The predicted molar refractivity (Wildman–Crippen MR) is 98.2 cm³/mol. The fourth-order valence-electron chi connectivity index (χ4n) is 2.78. The minimum atomic E-state index is -0.573. The van der Waals surface area contributed by atoms with E-state index < -0.39 is 4.92 Å². The molecule has 2 aromatic carbocycles. The number of nitrogens with one attached hydrogen (secondary N) is 1. The summed E-state index contributed by atoms with van der Waals surface area (Å²) >= 11 is 5.90. The molecule has 128 valence electrons. The maximum absolute atomic E-state index is 12.3. The number of aromatic nitrogens is 2. The van der Waals surface area contributed by atoms with Crippen LogP contribution >= 0.6 is 11.6 Å². The molecule has 0 fully saturated rings. The summed E-state index contributed by atoms with van der Waals surface area (Å²) in [6, 6.07) is 12.2. The molecule has 3 aromatic rings. The molecule has 2 heterocycles. The summed E-state index contributed by atoms with van der Waals surface area (Å²) in [5.74, 6) is -0.343. The molecule has 1 aromatic heterocycles. The fourth-order valence-corrected chi connectivity index (χ4v) is 3.02. The van der Waals surface area contributed by atoms with Crippen LogP contribution in [0.4, 0.5) is 11.4 Å². The molecule has 1 aliphatic rings. The van der Waals surface area contributed by atoms with Gasteiger partial charge in [0.25, 0.3) is 11.6 Å².